The van der Waals surface area contributed by atoms with E-state index in [2.05, 4.69) is 0 Å². The Balaban J connectivity index is 2.62. The highest BCUT2D eigenvalue weighted by atomic mass is 35.5. The van der Waals surface area contributed by atoms with E-state index in [0.29, 0.717) is 12.0 Å². The number of rotatable bonds is 3. The normalized spacial score (nSPS) is 27.2. The van der Waals surface area contributed by atoms with Crippen molar-refractivity contribution < 1.29 is 9.18 Å². The smallest absolute Gasteiger partial charge is 0.205 e. The highest BCUT2D eigenvalue weighted by Gasteiger charge is 2.25. The molecule has 0 bridgehead atoms. The lowest BCUT2D eigenvalue weighted by Gasteiger charge is -2.15. The molecule has 1 aliphatic carbocycles. The lowest BCUT2D eigenvalue weighted by molar-refractivity contribution is -0.115. The van der Waals surface area contributed by atoms with E-state index in [0.717, 1.165) is 6.42 Å². The lowest BCUT2D eigenvalue weighted by atomic mass is 10.00. The Morgan fingerprint density at radius 1 is 1.77 bits per heavy atom. The van der Waals surface area contributed by atoms with Crippen LogP contribution in [0.4, 0.5) is 4.39 Å². The maximum Gasteiger partial charge on any atom is 0.205 e. The molecule has 0 amide bonds. The van der Waals surface area contributed by atoms with E-state index in [1.54, 1.807) is 6.08 Å². The molecule has 0 aromatic rings. The van der Waals surface area contributed by atoms with Gasteiger partial charge < -0.3 is 0 Å². The van der Waals surface area contributed by atoms with Crippen molar-refractivity contribution in [2.24, 2.45) is 0 Å². The summed E-state index contributed by atoms with van der Waals surface area (Å²) in [5.41, 5.74) is 0.579. The molecule has 1 nitrogen and oxygen atoms in total. The number of carbonyl (C=O) groups excluding carboxylic acids is 1. The monoisotopic (exact) mass is 202 g/mol. The Hall–Kier alpha value is -0.630. The van der Waals surface area contributed by atoms with Gasteiger partial charge in [-0.25, -0.2) is 4.39 Å². The van der Waals surface area contributed by atoms with Gasteiger partial charge in [-0.05, 0) is 12.5 Å². The maximum atomic E-state index is 13.0. The van der Waals surface area contributed by atoms with Crippen LogP contribution < -0.4 is 0 Å². The van der Waals surface area contributed by atoms with Crippen LogP contribution in [0.15, 0.2) is 23.8 Å². The van der Waals surface area contributed by atoms with Gasteiger partial charge in [-0.2, -0.15) is 0 Å². The average molecular weight is 203 g/mol. The summed E-state index contributed by atoms with van der Waals surface area (Å²) in [5, 5.41) is -1.80. The van der Waals surface area contributed by atoms with E-state index in [-0.39, 0.29) is 12.2 Å². The number of Topliss-reactive ketones (excluding diaryl/α,β-unsaturated/α-hetero) is 1. The van der Waals surface area contributed by atoms with Crippen molar-refractivity contribution in [1.82, 2.24) is 0 Å². The fourth-order valence-electron chi connectivity index (χ4n) is 1.17. The van der Waals surface area contributed by atoms with Gasteiger partial charge in [0.1, 0.15) is 0 Å². The molecular weight excluding hydrogens is 191 g/mol. The van der Waals surface area contributed by atoms with E-state index in [9.17, 15) is 9.18 Å². The Labute approximate surface area is 82.3 Å². The van der Waals surface area contributed by atoms with Gasteiger partial charge >= 0.3 is 0 Å². The number of hydrogen-bond acceptors (Lipinski definition) is 1. The molecule has 0 spiro atoms. The van der Waals surface area contributed by atoms with Crippen LogP contribution in [0.1, 0.15) is 26.2 Å². The molecule has 0 saturated carbocycles. The first kappa shape index (κ1) is 10.5. The molecule has 1 aliphatic rings. The molecule has 72 valence electrons. The summed E-state index contributed by atoms with van der Waals surface area (Å²) in [4.78, 5) is 11.3. The minimum atomic E-state index is -1.80. The number of hydrogen-bond donors (Lipinski definition) is 0. The van der Waals surface area contributed by atoms with Gasteiger partial charge in [0.25, 0.3) is 0 Å². The van der Waals surface area contributed by atoms with E-state index < -0.39 is 5.13 Å². The minimum absolute atomic E-state index is 0.0610. The zero-order valence-corrected chi connectivity index (χ0v) is 8.27. The Morgan fingerprint density at radius 3 is 2.92 bits per heavy atom. The van der Waals surface area contributed by atoms with Gasteiger partial charge in [0, 0.05) is 18.4 Å². The number of ketones is 1. The second kappa shape index (κ2) is 4.05. The second-order valence-electron chi connectivity index (χ2n) is 3.13. The quantitative estimate of drug-likeness (QED) is 0.643. The van der Waals surface area contributed by atoms with Crippen LogP contribution in [0, 0.1) is 0 Å². The number of halogens is 2. The number of allylic oxidation sites excluding steroid dienone is 4. The molecule has 0 radical (unpaired) electrons. The zero-order valence-electron chi connectivity index (χ0n) is 7.52. The van der Waals surface area contributed by atoms with Crippen LogP contribution in [0.5, 0.6) is 0 Å². The molecule has 1 atom stereocenters. The third-order valence-corrected chi connectivity index (χ3v) is 2.18. The number of carbonyl (C=O) groups is 1. The summed E-state index contributed by atoms with van der Waals surface area (Å²) in [5.74, 6) is 0.0610. The molecule has 0 aromatic carbocycles. The molecule has 3 heteroatoms. The summed E-state index contributed by atoms with van der Waals surface area (Å²) < 4.78 is 13.0. The highest BCUT2D eigenvalue weighted by Crippen LogP contribution is 2.29. The zero-order chi connectivity index (χ0) is 9.90. The lowest BCUT2D eigenvalue weighted by Crippen LogP contribution is -2.14. The van der Waals surface area contributed by atoms with Crippen molar-refractivity contribution in [1.29, 1.82) is 0 Å². The largest absolute Gasteiger partial charge is 0.294 e. The van der Waals surface area contributed by atoms with Gasteiger partial charge in [0.2, 0.25) is 5.13 Å². The fourth-order valence-corrected chi connectivity index (χ4v) is 1.31. The first-order valence-corrected chi connectivity index (χ1v) is 4.73. The number of alkyl halides is 2. The van der Waals surface area contributed by atoms with Gasteiger partial charge in [0.05, 0.1) is 0 Å². The molecular formula is C10H12ClFO. The average Bonchev–Trinajstić information content (AvgIpc) is 2.04. The van der Waals surface area contributed by atoms with Gasteiger partial charge in [0.15, 0.2) is 5.78 Å². The molecule has 0 heterocycles. The predicted molar refractivity (Wildman–Crippen MR) is 51.4 cm³/mol. The van der Waals surface area contributed by atoms with Crippen molar-refractivity contribution >= 4 is 17.4 Å². The van der Waals surface area contributed by atoms with E-state index in [1.807, 2.05) is 6.92 Å². The van der Waals surface area contributed by atoms with Crippen LogP contribution in [-0.4, -0.2) is 10.9 Å². The second-order valence-corrected chi connectivity index (χ2v) is 3.76. The molecule has 0 saturated heterocycles. The third kappa shape index (κ3) is 2.96. The van der Waals surface area contributed by atoms with E-state index >= 15 is 0 Å². The molecule has 13 heavy (non-hydrogen) atoms. The predicted octanol–water partition coefficient (Wildman–Crippen LogP) is 3.15. The fraction of sp³-hybridized carbons (Fsp3) is 0.500. The molecule has 0 N–H and O–H groups in total. The maximum absolute atomic E-state index is 13.0. The molecule has 1 unspecified atom stereocenters. The summed E-state index contributed by atoms with van der Waals surface area (Å²) >= 11 is 5.41. The Kier molecular flexibility index (Phi) is 3.26. The highest BCUT2D eigenvalue weighted by molar-refractivity contribution is 6.24. The van der Waals surface area contributed by atoms with Crippen LogP contribution in [-0.2, 0) is 4.79 Å². The summed E-state index contributed by atoms with van der Waals surface area (Å²) in [6, 6.07) is 0. The molecule has 1 rings (SSSR count). The third-order valence-electron chi connectivity index (χ3n) is 1.90. The van der Waals surface area contributed by atoms with Gasteiger partial charge in [-0.1, -0.05) is 30.7 Å². The van der Waals surface area contributed by atoms with Crippen LogP contribution >= 0.6 is 11.6 Å². The van der Waals surface area contributed by atoms with Gasteiger partial charge in [-0.3, -0.25) is 4.79 Å². The van der Waals surface area contributed by atoms with Crippen LogP contribution in [0.25, 0.3) is 0 Å². The standard InChI is InChI=1S/C10H12ClFO/c1-2-3-9(13)8-4-6-10(11,12)7-5-8/h4-6H,2-3,7H2,1H3. The summed E-state index contributed by atoms with van der Waals surface area (Å²) in [7, 11) is 0. The molecule has 0 aromatic heterocycles. The first-order valence-electron chi connectivity index (χ1n) is 4.35. The van der Waals surface area contributed by atoms with Crippen molar-refractivity contribution in [2.75, 3.05) is 0 Å². The van der Waals surface area contributed by atoms with Crippen LogP contribution in [0.3, 0.4) is 0 Å². The summed E-state index contributed by atoms with van der Waals surface area (Å²) in [6.45, 7) is 1.94. The van der Waals surface area contributed by atoms with Crippen LogP contribution in [0.2, 0.25) is 0 Å². The van der Waals surface area contributed by atoms with Crippen molar-refractivity contribution in [3.8, 4) is 0 Å². The Morgan fingerprint density at radius 2 is 2.46 bits per heavy atom. The van der Waals surface area contributed by atoms with Crippen molar-refractivity contribution in [3.63, 3.8) is 0 Å². The van der Waals surface area contributed by atoms with E-state index in [4.69, 9.17) is 11.6 Å². The topological polar surface area (TPSA) is 17.1 Å². The molecule has 0 fully saturated rings. The first-order chi connectivity index (χ1) is 6.05. The minimum Gasteiger partial charge on any atom is -0.294 e. The summed E-state index contributed by atoms with van der Waals surface area (Å²) in [6.07, 6.45) is 5.66. The van der Waals surface area contributed by atoms with Crippen molar-refractivity contribution in [3.05, 3.63) is 23.8 Å². The van der Waals surface area contributed by atoms with E-state index in [1.165, 1.54) is 12.2 Å². The van der Waals surface area contributed by atoms with Crippen molar-refractivity contribution in [2.45, 2.75) is 31.3 Å². The Bertz CT molecular complexity index is 266. The van der Waals surface area contributed by atoms with Gasteiger partial charge in [-0.15, -0.1) is 0 Å². The SMILES string of the molecule is CCCC(=O)C1=CCC(F)(Cl)C=C1. The molecule has 0 aliphatic heterocycles.